The Morgan fingerprint density at radius 1 is 0.818 bits per heavy atom. The van der Waals surface area contributed by atoms with Crippen molar-refractivity contribution in [3.63, 3.8) is 0 Å². The van der Waals surface area contributed by atoms with E-state index in [0.717, 1.165) is 0 Å². The Labute approximate surface area is 192 Å². The Morgan fingerprint density at radius 2 is 1.45 bits per heavy atom. The second-order valence-electron chi connectivity index (χ2n) is 7.10. The summed E-state index contributed by atoms with van der Waals surface area (Å²) in [7, 11) is -7.79. The van der Waals surface area contributed by atoms with Crippen LogP contribution in [0.4, 0.5) is 0 Å². The van der Waals surface area contributed by atoms with Crippen LogP contribution in [-0.2, 0) is 37.9 Å². The molecule has 3 N–H and O–H groups in total. The zero-order valence-electron chi connectivity index (χ0n) is 17.4. The summed E-state index contributed by atoms with van der Waals surface area (Å²) in [4.78, 5) is 10.8. The average Bonchev–Trinajstić information content (AvgIpc) is 2.78. The maximum Gasteiger partial charge on any atom is 0.341 e. The van der Waals surface area contributed by atoms with Gasteiger partial charge in [0.2, 0.25) is 20.0 Å². The van der Waals surface area contributed by atoms with E-state index in [1.54, 1.807) is 42.5 Å². The quantitative estimate of drug-likeness (QED) is 0.443. The molecule has 3 rings (SSSR count). The number of hydrogen-bond donors (Lipinski definition) is 2. The molecule has 0 aliphatic heterocycles. The molecular weight excluding hydrogens is 468 g/mol. The van der Waals surface area contributed by atoms with Gasteiger partial charge in [-0.15, -0.1) is 0 Å². The third-order valence-electron chi connectivity index (χ3n) is 4.61. The molecule has 33 heavy (non-hydrogen) atoms. The first-order valence-electron chi connectivity index (χ1n) is 9.66. The number of nitrogens with zero attached hydrogens (tertiary/aromatic N) is 1. The number of benzene rings is 3. The number of ether oxygens (including phenoxy) is 1. The van der Waals surface area contributed by atoms with Gasteiger partial charge in [-0.05, 0) is 47.5 Å². The first-order valence-corrected chi connectivity index (χ1v) is 12.6. The summed E-state index contributed by atoms with van der Waals surface area (Å²) in [5.74, 6) is -0.832. The van der Waals surface area contributed by atoms with E-state index < -0.39 is 32.6 Å². The number of sulfonamides is 2. The van der Waals surface area contributed by atoms with E-state index in [9.17, 15) is 21.6 Å². The van der Waals surface area contributed by atoms with Crippen LogP contribution < -0.4 is 9.88 Å². The first-order chi connectivity index (χ1) is 15.6. The smallest absolute Gasteiger partial charge is 0.341 e. The highest BCUT2D eigenvalue weighted by atomic mass is 32.2. The van der Waals surface area contributed by atoms with Crippen molar-refractivity contribution in [3.8, 4) is 5.75 Å². The predicted molar refractivity (Wildman–Crippen MR) is 120 cm³/mol. The fourth-order valence-corrected chi connectivity index (χ4v) is 4.99. The summed E-state index contributed by atoms with van der Waals surface area (Å²) < 4.78 is 56.2. The minimum atomic E-state index is -3.92. The van der Waals surface area contributed by atoms with Gasteiger partial charge >= 0.3 is 5.97 Å². The SMILES string of the molecule is NS(=O)(=O)c1ccc(CN(Cc2cccc(OCC(=O)O)c2)S(=O)(=O)c2ccccc2)cc1. The van der Waals surface area contributed by atoms with Crippen LogP contribution in [0.25, 0.3) is 0 Å². The molecule has 9 nitrogen and oxygen atoms in total. The molecule has 0 spiro atoms. The molecule has 11 heteroatoms. The molecule has 0 aliphatic carbocycles. The lowest BCUT2D eigenvalue weighted by Gasteiger charge is -2.23. The molecule has 0 saturated carbocycles. The molecule has 0 unspecified atom stereocenters. The maximum absolute atomic E-state index is 13.4. The molecule has 0 amide bonds. The Bertz CT molecular complexity index is 1320. The van der Waals surface area contributed by atoms with Crippen LogP contribution in [0.3, 0.4) is 0 Å². The van der Waals surface area contributed by atoms with Gasteiger partial charge in [0, 0.05) is 13.1 Å². The normalized spacial score (nSPS) is 11.9. The molecule has 0 fully saturated rings. The minimum Gasteiger partial charge on any atom is -0.482 e. The van der Waals surface area contributed by atoms with Crippen LogP contribution in [0, 0.1) is 0 Å². The Morgan fingerprint density at radius 3 is 2.06 bits per heavy atom. The number of carbonyl (C=O) groups is 1. The van der Waals surface area contributed by atoms with Gasteiger partial charge in [-0.2, -0.15) is 4.31 Å². The van der Waals surface area contributed by atoms with Crippen molar-refractivity contribution < 1.29 is 31.5 Å². The molecule has 174 valence electrons. The second kappa shape index (κ2) is 10.1. The molecule has 3 aromatic carbocycles. The summed E-state index contributed by atoms with van der Waals surface area (Å²) in [6, 6.07) is 20.0. The van der Waals surface area contributed by atoms with E-state index in [4.69, 9.17) is 15.0 Å². The number of rotatable bonds is 10. The summed E-state index contributed by atoms with van der Waals surface area (Å²) in [5.41, 5.74) is 1.14. The predicted octanol–water partition coefficient (Wildman–Crippen LogP) is 2.19. The molecule has 0 aromatic heterocycles. The number of hydrogen-bond acceptors (Lipinski definition) is 6. The van der Waals surface area contributed by atoms with Crippen LogP contribution in [0.15, 0.2) is 88.7 Å². The van der Waals surface area contributed by atoms with Crippen LogP contribution in [0.5, 0.6) is 5.75 Å². The van der Waals surface area contributed by atoms with Crippen molar-refractivity contribution in [1.29, 1.82) is 0 Å². The van der Waals surface area contributed by atoms with Crippen molar-refractivity contribution in [1.82, 2.24) is 4.31 Å². The standard InChI is InChI=1S/C22H22N2O7S2/c23-32(27,28)20-11-9-17(10-12-20)14-24(33(29,30)21-7-2-1-3-8-21)15-18-5-4-6-19(13-18)31-16-22(25)26/h1-13H,14-16H2,(H,25,26)(H2,23,27,28). The van der Waals surface area contributed by atoms with Crippen LogP contribution in [-0.4, -0.2) is 38.8 Å². The Kier molecular flexibility index (Phi) is 7.49. The van der Waals surface area contributed by atoms with Gasteiger partial charge in [0.15, 0.2) is 6.61 Å². The lowest BCUT2D eigenvalue weighted by Crippen LogP contribution is -2.30. The Hall–Kier alpha value is -3.25. The lowest BCUT2D eigenvalue weighted by molar-refractivity contribution is -0.139. The molecule has 0 bridgehead atoms. The van der Waals surface area contributed by atoms with Gasteiger partial charge in [0.05, 0.1) is 9.79 Å². The Balaban J connectivity index is 1.93. The molecule has 0 aliphatic rings. The lowest BCUT2D eigenvalue weighted by atomic mass is 10.2. The van der Waals surface area contributed by atoms with Crippen LogP contribution in [0.2, 0.25) is 0 Å². The van der Waals surface area contributed by atoms with Gasteiger partial charge in [-0.25, -0.2) is 26.8 Å². The molecule has 0 heterocycles. The van der Waals surface area contributed by atoms with E-state index in [1.165, 1.54) is 40.7 Å². The van der Waals surface area contributed by atoms with Crippen LogP contribution in [0.1, 0.15) is 11.1 Å². The van der Waals surface area contributed by atoms with E-state index in [0.29, 0.717) is 16.9 Å². The first kappa shape index (κ1) is 24.4. The van der Waals surface area contributed by atoms with Crippen LogP contribution >= 0.6 is 0 Å². The number of carboxylic acid groups (broad SMARTS) is 1. The van der Waals surface area contributed by atoms with E-state index in [1.807, 2.05) is 0 Å². The van der Waals surface area contributed by atoms with Crippen molar-refractivity contribution in [3.05, 3.63) is 90.0 Å². The van der Waals surface area contributed by atoms with Gasteiger partial charge in [-0.3, -0.25) is 0 Å². The highest BCUT2D eigenvalue weighted by Crippen LogP contribution is 2.23. The molecular formula is C22H22N2O7S2. The highest BCUT2D eigenvalue weighted by Gasteiger charge is 2.25. The van der Waals surface area contributed by atoms with Gasteiger partial charge in [0.1, 0.15) is 5.75 Å². The zero-order valence-corrected chi connectivity index (χ0v) is 19.0. The fraction of sp³-hybridized carbons (Fsp3) is 0.136. The fourth-order valence-electron chi connectivity index (χ4n) is 3.04. The van der Waals surface area contributed by atoms with E-state index >= 15 is 0 Å². The van der Waals surface area contributed by atoms with Gasteiger partial charge in [0.25, 0.3) is 0 Å². The third-order valence-corrected chi connectivity index (χ3v) is 7.35. The van der Waals surface area contributed by atoms with Crippen molar-refractivity contribution in [2.45, 2.75) is 22.9 Å². The van der Waals surface area contributed by atoms with Crippen molar-refractivity contribution in [2.24, 2.45) is 5.14 Å². The van der Waals surface area contributed by atoms with E-state index in [-0.39, 0.29) is 22.9 Å². The summed E-state index contributed by atoms with van der Waals surface area (Å²) in [6.07, 6.45) is 0. The molecule has 3 aromatic rings. The highest BCUT2D eigenvalue weighted by molar-refractivity contribution is 7.89. The molecule has 0 saturated heterocycles. The summed E-state index contributed by atoms with van der Waals surface area (Å²) in [6.45, 7) is -0.591. The minimum absolute atomic E-state index is 0.0293. The number of primary sulfonamides is 1. The van der Waals surface area contributed by atoms with Crippen molar-refractivity contribution in [2.75, 3.05) is 6.61 Å². The number of aliphatic carboxylic acids is 1. The topological polar surface area (TPSA) is 144 Å². The van der Waals surface area contributed by atoms with E-state index in [2.05, 4.69) is 0 Å². The van der Waals surface area contributed by atoms with Crippen molar-refractivity contribution >= 4 is 26.0 Å². The van der Waals surface area contributed by atoms with Gasteiger partial charge in [-0.1, -0.05) is 42.5 Å². The summed E-state index contributed by atoms with van der Waals surface area (Å²) in [5, 5.41) is 13.9. The largest absolute Gasteiger partial charge is 0.482 e. The molecule has 0 atom stereocenters. The zero-order chi connectivity index (χ0) is 24.1. The maximum atomic E-state index is 13.4. The van der Waals surface area contributed by atoms with Gasteiger partial charge < -0.3 is 9.84 Å². The number of nitrogens with two attached hydrogens (primary N) is 1. The number of carboxylic acids is 1. The molecule has 0 radical (unpaired) electrons. The summed E-state index contributed by atoms with van der Waals surface area (Å²) >= 11 is 0. The average molecular weight is 491 g/mol. The monoisotopic (exact) mass is 490 g/mol. The third kappa shape index (κ3) is 6.62. The second-order valence-corrected chi connectivity index (χ2v) is 10.6.